The van der Waals surface area contributed by atoms with Gasteiger partial charge in [-0.1, -0.05) is 48.5 Å². The van der Waals surface area contributed by atoms with E-state index in [0.29, 0.717) is 24.9 Å². The minimum absolute atomic E-state index is 0.0436. The maximum Gasteiger partial charge on any atom is 0.407 e. The summed E-state index contributed by atoms with van der Waals surface area (Å²) in [6, 6.07) is 19.4. The Labute approximate surface area is 212 Å². The summed E-state index contributed by atoms with van der Waals surface area (Å²) in [5.41, 5.74) is 1.11. The Hall–Kier alpha value is -3.35. The van der Waals surface area contributed by atoms with Gasteiger partial charge in [-0.25, -0.2) is 9.59 Å². The molecule has 1 N–H and O–H groups in total. The van der Waals surface area contributed by atoms with Crippen molar-refractivity contribution in [2.45, 2.75) is 69.6 Å². The van der Waals surface area contributed by atoms with Gasteiger partial charge in [0.05, 0.1) is 11.0 Å². The predicted molar refractivity (Wildman–Crippen MR) is 135 cm³/mol. The number of piperidine rings is 1. The Balaban J connectivity index is 1.30. The average Bonchev–Trinajstić information content (AvgIpc) is 3.15. The number of carbonyl (C=O) groups is 3. The quantitative estimate of drug-likeness (QED) is 0.611. The van der Waals surface area contributed by atoms with Crippen molar-refractivity contribution in [3.8, 4) is 0 Å². The molecule has 2 amide bonds. The molecule has 2 heterocycles. The van der Waals surface area contributed by atoms with E-state index in [2.05, 4.69) is 17.0 Å². The first-order valence-corrected chi connectivity index (χ1v) is 13.1. The first-order valence-electron chi connectivity index (χ1n) is 13.1. The molecule has 36 heavy (non-hydrogen) atoms. The number of nitrogens with zero attached hydrogens (tertiary/aromatic N) is 2. The maximum absolute atomic E-state index is 14.0. The van der Waals surface area contributed by atoms with Crippen LogP contribution in [0.5, 0.6) is 0 Å². The van der Waals surface area contributed by atoms with Gasteiger partial charge < -0.3 is 19.6 Å². The highest BCUT2D eigenvalue weighted by atomic mass is 16.5. The van der Waals surface area contributed by atoms with E-state index in [1.807, 2.05) is 36.4 Å². The lowest BCUT2D eigenvalue weighted by molar-refractivity contribution is -0.142. The molecule has 2 aliphatic heterocycles. The smallest absolute Gasteiger partial charge is 0.407 e. The van der Waals surface area contributed by atoms with Gasteiger partial charge in [0.15, 0.2) is 0 Å². The lowest BCUT2D eigenvalue weighted by Crippen LogP contribution is -2.51. The van der Waals surface area contributed by atoms with Gasteiger partial charge in [-0.05, 0) is 69.1 Å². The molecular weight excluding hydrogens is 456 g/mol. The molecule has 0 bridgehead atoms. The zero-order chi connectivity index (χ0) is 25.1. The highest BCUT2D eigenvalue weighted by Gasteiger charge is 2.55. The van der Waals surface area contributed by atoms with Crippen LogP contribution in [-0.4, -0.2) is 64.2 Å². The monoisotopic (exact) mass is 490 g/mol. The number of carbonyl (C=O) groups excluding carboxylic acids is 2. The number of esters is 1. The van der Waals surface area contributed by atoms with E-state index in [0.717, 1.165) is 38.5 Å². The summed E-state index contributed by atoms with van der Waals surface area (Å²) in [5.74, 6) is -0.188. The van der Waals surface area contributed by atoms with E-state index in [4.69, 9.17) is 4.74 Å². The van der Waals surface area contributed by atoms with Crippen molar-refractivity contribution in [2.24, 2.45) is 5.41 Å². The highest BCUT2D eigenvalue weighted by Crippen LogP contribution is 2.46. The van der Waals surface area contributed by atoms with Crippen LogP contribution in [0.15, 0.2) is 60.7 Å². The molecule has 2 saturated heterocycles. The molecule has 1 aliphatic carbocycles. The van der Waals surface area contributed by atoms with Gasteiger partial charge in [0, 0.05) is 25.2 Å². The first-order chi connectivity index (χ1) is 17.4. The molecule has 1 spiro atoms. The van der Waals surface area contributed by atoms with Gasteiger partial charge in [0.1, 0.15) is 6.10 Å². The molecule has 1 unspecified atom stereocenters. The largest absolute Gasteiger partial charge is 0.465 e. The number of carboxylic acid groups (broad SMARTS) is 1. The molecule has 1 saturated carbocycles. The number of likely N-dealkylation sites (tertiary alicyclic amines) is 2. The molecule has 7 nitrogen and oxygen atoms in total. The number of hydrogen-bond acceptors (Lipinski definition) is 4. The van der Waals surface area contributed by atoms with Crippen LogP contribution in [0.3, 0.4) is 0 Å². The van der Waals surface area contributed by atoms with Crippen LogP contribution in [0.4, 0.5) is 4.79 Å². The van der Waals surface area contributed by atoms with Crippen LogP contribution >= 0.6 is 0 Å². The summed E-state index contributed by atoms with van der Waals surface area (Å²) in [7, 11) is 0. The van der Waals surface area contributed by atoms with Crippen molar-refractivity contribution in [3.05, 3.63) is 71.8 Å². The Morgan fingerprint density at radius 2 is 1.64 bits per heavy atom. The molecule has 3 fully saturated rings. The number of ether oxygens (including phenoxy) is 1. The molecule has 2 aromatic carbocycles. The van der Waals surface area contributed by atoms with Crippen LogP contribution in [0.2, 0.25) is 0 Å². The molecule has 3 aliphatic rings. The topological polar surface area (TPSA) is 87.2 Å². The minimum Gasteiger partial charge on any atom is -0.465 e. The summed E-state index contributed by atoms with van der Waals surface area (Å²) in [6.07, 6.45) is 4.82. The fourth-order valence-corrected chi connectivity index (χ4v) is 6.47. The molecule has 2 aromatic rings. The Morgan fingerprint density at radius 1 is 0.972 bits per heavy atom. The highest BCUT2D eigenvalue weighted by molar-refractivity contribution is 5.89. The van der Waals surface area contributed by atoms with Crippen LogP contribution in [-0.2, 0) is 16.0 Å². The Morgan fingerprint density at radius 3 is 2.31 bits per heavy atom. The summed E-state index contributed by atoms with van der Waals surface area (Å²) < 4.78 is 5.77. The molecule has 0 aromatic heterocycles. The van der Waals surface area contributed by atoms with Crippen molar-refractivity contribution in [2.75, 3.05) is 13.1 Å². The van der Waals surface area contributed by atoms with Crippen LogP contribution in [0, 0.1) is 5.41 Å². The Kier molecular flexibility index (Phi) is 6.99. The van der Waals surface area contributed by atoms with Gasteiger partial charge in [-0.3, -0.25) is 4.79 Å². The molecule has 5 rings (SSSR count). The molecule has 0 radical (unpaired) electrons. The van der Waals surface area contributed by atoms with Crippen molar-refractivity contribution in [1.82, 2.24) is 9.80 Å². The fraction of sp³-hybridized carbons (Fsp3) is 0.483. The van der Waals surface area contributed by atoms with Crippen LogP contribution in [0.25, 0.3) is 0 Å². The van der Waals surface area contributed by atoms with E-state index in [1.165, 1.54) is 10.5 Å². The summed E-state index contributed by atoms with van der Waals surface area (Å²) in [5, 5.41) is 9.63. The minimum atomic E-state index is -0.944. The zero-order valence-electron chi connectivity index (χ0n) is 20.6. The molecule has 2 atom stereocenters. The molecular formula is C29H34N2O5. The van der Waals surface area contributed by atoms with E-state index in [-0.39, 0.29) is 36.6 Å². The fourth-order valence-electron chi connectivity index (χ4n) is 6.47. The lowest BCUT2D eigenvalue weighted by atomic mass is 9.77. The number of rotatable bonds is 5. The summed E-state index contributed by atoms with van der Waals surface area (Å²) in [4.78, 5) is 41.8. The van der Waals surface area contributed by atoms with Crippen LogP contribution < -0.4 is 0 Å². The van der Waals surface area contributed by atoms with Crippen molar-refractivity contribution in [1.29, 1.82) is 0 Å². The van der Waals surface area contributed by atoms with Gasteiger partial charge in [-0.15, -0.1) is 0 Å². The second-order valence-corrected chi connectivity index (χ2v) is 10.5. The third-order valence-corrected chi connectivity index (χ3v) is 8.19. The van der Waals surface area contributed by atoms with Crippen molar-refractivity contribution in [3.63, 3.8) is 0 Å². The Bertz CT molecular complexity index is 1080. The summed E-state index contributed by atoms with van der Waals surface area (Å²) >= 11 is 0. The molecule has 190 valence electrons. The van der Waals surface area contributed by atoms with E-state index in [9.17, 15) is 19.5 Å². The first kappa shape index (κ1) is 24.3. The maximum atomic E-state index is 14.0. The summed E-state index contributed by atoms with van der Waals surface area (Å²) in [6.45, 7) is 0.776. The third kappa shape index (κ3) is 4.97. The van der Waals surface area contributed by atoms with Crippen molar-refractivity contribution >= 4 is 18.0 Å². The van der Waals surface area contributed by atoms with Crippen LogP contribution in [0.1, 0.15) is 60.9 Å². The zero-order valence-corrected chi connectivity index (χ0v) is 20.6. The standard InChI is InChI=1S/C29H34N2O5/c32-26(22-10-5-2-6-11-22)36-25-14-12-23(13-15-25)31-24(18-21-8-3-1-4-9-21)19-29(27(31)33)16-7-17-30(20-29)28(34)35/h1-6,8-11,23-25H,7,12-20H2,(H,34,35)/t23?,24?,25?,29-/m0/s1. The number of benzene rings is 2. The van der Waals surface area contributed by atoms with Crippen molar-refractivity contribution < 1.29 is 24.2 Å². The third-order valence-electron chi connectivity index (χ3n) is 8.19. The number of hydrogen-bond donors (Lipinski definition) is 1. The van der Waals surface area contributed by atoms with Gasteiger partial charge in [-0.2, -0.15) is 0 Å². The van der Waals surface area contributed by atoms with Gasteiger partial charge >= 0.3 is 12.1 Å². The van der Waals surface area contributed by atoms with E-state index < -0.39 is 11.5 Å². The number of amides is 2. The second kappa shape index (κ2) is 10.3. The van der Waals surface area contributed by atoms with Gasteiger partial charge in [0.25, 0.3) is 0 Å². The second-order valence-electron chi connectivity index (χ2n) is 10.5. The lowest BCUT2D eigenvalue weighted by Gasteiger charge is -2.40. The van der Waals surface area contributed by atoms with E-state index in [1.54, 1.807) is 12.1 Å². The normalized spacial score (nSPS) is 28.3. The molecule has 7 heteroatoms. The predicted octanol–water partition coefficient (Wildman–Crippen LogP) is 4.76. The average molecular weight is 491 g/mol. The van der Waals surface area contributed by atoms with E-state index >= 15 is 0 Å². The SMILES string of the molecule is O=C(OC1CCC(N2C(=O)[C@@]3(CCCN(C(=O)O)C3)CC2Cc2ccccc2)CC1)c1ccccc1. The van der Waals surface area contributed by atoms with Gasteiger partial charge in [0.2, 0.25) is 5.91 Å².